The molecule has 0 aliphatic heterocycles. The van der Waals surface area contributed by atoms with Crippen molar-refractivity contribution in [1.29, 1.82) is 0 Å². The molecule has 17 heavy (non-hydrogen) atoms. The molecule has 1 aromatic carbocycles. The molecule has 0 radical (unpaired) electrons. The van der Waals surface area contributed by atoms with Crippen LogP contribution in [-0.2, 0) is 6.42 Å². The lowest BCUT2D eigenvalue weighted by Gasteiger charge is -2.02. The van der Waals surface area contributed by atoms with Crippen molar-refractivity contribution in [3.05, 3.63) is 62.8 Å². The zero-order valence-electron chi connectivity index (χ0n) is 8.86. The number of rotatable bonds is 3. The Morgan fingerprint density at radius 3 is 2.65 bits per heavy atom. The van der Waals surface area contributed by atoms with Crippen molar-refractivity contribution < 1.29 is 4.79 Å². The van der Waals surface area contributed by atoms with Crippen LogP contribution in [0.3, 0.4) is 0 Å². The summed E-state index contributed by atoms with van der Waals surface area (Å²) in [5.41, 5.74) is 1.61. The lowest BCUT2D eigenvalue weighted by atomic mass is 10.0. The van der Waals surface area contributed by atoms with Gasteiger partial charge in [-0.2, -0.15) is 0 Å². The molecule has 2 nitrogen and oxygen atoms in total. The van der Waals surface area contributed by atoms with Crippen LogP contribution in [0.25, 0.3) is 0 Å². The number of benzene rings is 1. The summed E-state index contributed by atoms with van der Waals surface area (Å²) in [6.45, 7) is 0. The van der Waals surface area contributed by atoms with Crippen molar-refractivity contribution in [3.8, 4) is 0 Å². The number of nitrogens with zero attached hydrogens (tertiary/aromatic N) is 1. The van der Waals surface area contributed by atoms with Crippen molar-refractivity contribution in [2.75, 3.05) is 0 Å². The monoisotopic (exact) mass is 353 g/mol. The van der Waals surface area contributed by atoms with Gasteiger partial charge in [0, 0.05) is 33.3 Å². The van der Waals surface area contributed by atoms with Crippen LogP contribution in [0.2, 0.25) is 0 Å². The molecule has 0 spiro atoms. The van der Waals surface area contributed by atoms with Gasteiger partial charge in [-0.05, 0) is 39.7 Å². The second-order valence-electron chi connectivity index (χ2n) is 3.62. The summed E-state index contributed by atoms with van der Waals surface area (Å²) in [5.74, 6) is 0.0891. The maximum absolute atomic E-state index is 12.0. The number of pyridine rings is 1. The first-order chi connectivity index (χ1) is 8.15. The molecule has 0 saturated carbocycles. The summed E-state index contributed by atoms with van der Waals surface area (Å²) in [5, 5.41) is 0. The summed E-state index contributed by atoms with van der Waals surface area (Å²) in [7, 11) is 0. The van der Waals surface area contributed by atoms with Gasteiger partial charge in [-0.25, -0.2) is 0 Å². The average Bonchev–Trinajstić information content (AvgIpc) is 2.29. The summed E-state index contributed by atoms with van der Waals surface area (Å²) < 4.78 is 1.80. The number of ketones is 1. The number of hydrogen-bond donors (Lipinski definition) is 0. The predicted octanol–water partition coefficient (Wildman–Crippen LogP) is 4.03. The summed E-state index contributed by atoms with van der Waals surface area (Å²) in [6.07, 6.45) is 3.77. The second kappa shape index (κ2) is 5.56. The zero-order chi connectivity index (χ0) is 12.3. The molecule has 2 rings (SSSR count). The largest absolute Gasteiger partial charge is 0.294 e. The van der Waals surface area contributed by atoms with Gasteiger partial charge < -0.3 is 0 Å². The quantitative estimate of drug-likeness (QED) is 0.779. The predicted molar refractivity (Wildman–Crippen MR) is 74.1 cm³/mol. The summed E-state index contributed by atoms with van der Waals surface area (Å²) in [6, 6.07) is 9.31. The highest BCUT2D eigenvalue weighted by Gasteiger charge is 2.07. The molecule has 0 bridgehead atoms. The van der Waals surface area contributed by atoms with E-state index in [4.69, 9.17) is 0 Å². The smallest absolute Gasteiger partial charge is 0.167 e. The molecule has 86 valence electrons. The van der Waals surface area contributed by atoms with Crippen LogP contribution in [-0.4, -0.2) is 10.8 Å². The van der Waals surface area contributed by atoms with E-state index in [1.165, 1.54) is 0 Å². The molecule has 0 aliphatic carbocycles. The fourth-order valence-corrected chi connectivity index (χ4v) is 2.31. The fraction of sp³-hybridized carbons (Fsp3) is 0.0769. The molecule has 0 fully saturated rings. The highest BCUT2D eigenvalue weighted by atomic mass is 79.9. The maximum atomic E-state index is 12.0. The summed E-state index contributed by atoms with van der Waals surface area (Å²) >= 11 is 6.69. The van der Waals surface area contributed by atoms with Crippen LogP contribution < -0.4 is 0 Å². The van der Waals surface area contributed by atoms with Crippen LogP contribution in [0.15, 0.2) is 51.7 Å². The van der Waals surface area contributed by atoms with E-state index in [-0.39, 0.29) is 5.78 Å². The Bertz CT molecular complexity index is 555. The van der Waals surface area contributed by atoms with Crippen LogP contribution in [0, 0.1) is 0 Å². The van der Waals surface area contributed by atoms with E-state index in [1.807, 2.05) is 30.3 Å². The fourth-order valence-electron chi connectivity index (χ4n) is 1.50. The van der Waals surface area contributed by atoms with Gasteiger partial charge in [-0.3, -0.25) is 9.78 Å². The molecular weight excluding hydrogens is 346 g/mol. The van der Waals surface area contributed by atoms with Crippen molar-refractivity contribution in [1.82, 2.24) is 4.98 Å². The van der Waals surface area contributed by atoms with Gasteiger partial charge in [0.2, 0.25) is 0 Å². The third-order valence-corrected chi connectivity index (χ3v) is 3.20. The van der Waals surface area contributed by atoms with Gasteiger partial charge >= 0.3 is 0 Å². The first kappa shape index (κ1) is 12.5. The SMILES string of the molecule is O=C(Cc1cncc(Br)c1)c1cccc(Br)c1. The number of aromatic nitrogens is 1. The Hall–Kier alpha value is -1.00. The molecular formula is C13H9Br2NO. The minimum atomic E-state index is 0.0891. The Morgan fingerprint density at radius 1 is 1.12 bits per heavy atom. The van der Waals surface area contributed by atoms with Crippen LogP contribution in [0.5, 0.6) is 0 Å². The van der Waals surface area contributed by atoms with E-state index in [2.05, 4.69) is 36.8 Å². The first-order valence-corrected chi connectivity index (χ1v) is 6.62. The van der Waals surface area contributed by atoms with Gasteiger partial charge in [-0.1, -0.05) is 28.1 Å². The normalized spacial score (nSPS) is 10.2. The molecule has 4 heteroatoms. The van der Waals surface area contributed by atoms with Crippen LogP contribution in [0.4, 0.5) is 0 Å². The molecule has 1 heterocycles. The number of carbonyl (C=O) groups is 1. The van der Waals surface area contributed by atoms with Crippen molar-refractivity contribution in [3.63, 3.8) is 0 Å². The van der Waals surface area contributed by atoms with E-state index < -0.39 is 0 Å². The molecule has 2 aromatic rings. The minimum Gasteiger partial charge on any atom is -0.294 e. The third kappa shape index (κ3) is 3.48. The van der Waals surface area contributed by atoms with E-state index in [9.17, 15) is 4.79 Å². The average molecular weight is 355 g/mol. The number of Topliss-reactive ketones (excluding diaryl/α,β-unsaturated/α-hetero) is 1. The van der Waals surface area contributed by atoms with E-state index >= 15 is 0 Å². The third-order valence-electron chi connectivity index (χ3n) is 2.27. The van der Waals surface area contributed by atoms with Gasteiger partial charge in [-0.15, -0.1) is 0 Å². The topological polar surface area (TPSA) is 30.0 Å². The lowest BCUT2D eigenvalue weighted by Crippen LogP contribution is -2.03. The Labute approximate surface area is 116 Å². The Kier molecular flexibility index (Phi) is 4.07. The molecule has 0 saturated heterocycles. The van der Waals surface area contributed by atoms with Crippen LogP contribution >= 0.6 is 31.9 Å². The van der Waals surface area contributed by atoms with Gasteiger partial charge in [0.15, 0.2) is 5.78 Å². The van der Waals surface area contributed by atoms with Crippen molar-refractivity contribution >= 4 is 37.6 Å². The Balaban J connectivity index is 2.17. The van der Waals surface area contributed by atoms with Gasteiger partial charge in [0.1, 0.15) is 0 Å². The number of carbonyl (C=O) groups excluding carboxylic acids is 1. The molecule has 0 unspecified atom stereocenters. The highest BCUT2D eigenvalue weighted by Crippen LogP contribution is 2.15. The van der Waals surface area contributed by atoms with Crippen molar-refractivity contribution in [2.45, 2.75) is 6.42 Å². The van der Waals surface area contributed by atoms with Gasteiger partial charge in [0.25, 0.3) is 0 Å². The molecule has 1 aromatic heterocycles. The van der Waals surface area contributed by atoms with Crippen molar-refractivity contribution in [2.24, 2.45) is 0 Å². The second-order valence-corrected chi connectivity index (χ2v) is 5.45. The minimum absolute atomic E-state index is 0.0891. The highest BCUT2D eigenvalue weighted by molar-refractivity contribution is 9.10. The van der Waals surface area contributed by atoms with E-state index in [1.54, 1.807) is 12.4 Å². The van der Waals surface area contributed by atoms with Crippen LogP contribution in [0.1, 0.15) is 15.9 Å². The first-order valence-electron chi connectivity index (χ1n) is 5.03. The molecule has 0 N–H and O–H groups in total. The van der Waals surface area contributed by atoms with Gasteiger partial charge in [0.05, 0.1) is 0 Å². The molecule has 0 aliphatic rings. The number of hydrogen-bond acceptors (Lipinski definition) is 2. The zero-order valence-corrected chi connectivity index (χ0v) is 12.0. The molecule has 0 atom stereocenters. The molecule has 0 amide bonds. The Morgan fingerprint density at radius 2 is 1.94 bits per heavy atom. The maximum Gasteiger partial charge on any atom is 0.167 e. The lowest BCUT2D eigenvalue weighted by molar-refractivity contribution is 0.0993. The standard InChI is InChI=1S/C13H9Br2NO/c14-11-3-1-2-10(6-11)13(17)5-9-4-12(15)8-16-7-9/h1-4,6-8H,5H2. The summed E-state index contributed by atoms with van der Waals surface area (Å²) in [4.78, 5) is 16.1. The number of halogens is 2. The van der Waals surface area contributed by atoms with E-state index in [0.717, 1.165) is 14.5 Å². The van der Waals surface area contributed by atoms with E-state index in [0.29, 0.717) is 12.0 Å².